The first kappa shape index (κ1) is 22.2. The lowest BCUT2D eigenvalue weighted by atomic mass is 10.2. The molecular formula is C21H30N4O5S. The summed E-state index contributed by atoms with van der Waals surface area (Å²) in [5, 5.41) is 2.85. The minimum atomic E-state index is -3.62. The van der Waals surface area contributed by atoms with E-state index >= 15 is 0 Å². The zero-order valence-corrected chi connectivity index (χ0v) is 18.6. The van der Waals surface area contributed by atoms with Crippen molar-refractivity contribution in [2.24, 2.45) is 5.92 Å². The molecule has 0 bridgehead atoms. The fraction of sp³-hybridized carbons (Fsp3) is 0.619. The van der Waals surface area contributed by atoms with E-state index < -0.39 is 10.0 Å². The molecule has 1 N–H and O–H groups in total. The van der Waals surface area contributed by atoms with E-state index in [9.17, 15) is 18.0 Å². The van der Waals surface area contributed by atoms with Gasteiger partial charge in [-0.25, -0.2) is 8.42 Å². The number of sulfonamides is 1. The highest BCUT2D eigenvalue weighted by atomic mass is 32.2. The van der Waals surface area contributed by atoms with Crippen LogP contribution in [-0.4, -0.2) is 92.9 Å². The molecule has 2 heterocycles. The van der Waals surface area contributed by atoms with Gasteiger partial charge in [-0.3, -0.25) is 14.5 Å². The van der Waals surface area contributed by atoms with Crippen molar-refractivity contribution in [1.82, 2.24) is 14.1 Å². The number of nitrogens with zero attached hydrogens (tertiary/aromatic N) is 3. The van der Waals surface area contributed by atoms with Crippen molar-refractivity contribution >= 4 is 27.5 Å². The standard InChI is InChI=1S/C21H30N4O5S/c1-16(23-7-9-24(10-8-23)21(27)17-5-6-17)20(26)22-18-3-2-4-19(15-18)31(28,29)25-11-13-30-14-12-25/h2-4,15-17H,5-14H2,1H3,(H,22,26). The van der Waals surface area contributed by atoms with E-state index in [0.29, 0.717) is 58.2 Å². The summed E-state index contributed by atoms with van der Waals surface area (Å²) in [6, 6.07) is 5.99. The number of nitrogens with one attached hydrogen (secondary N) is 1. The lowest BCUT2D eigenvalue weighted by molar-refractivity contribution is -0.135. The van der Waals surface area contributed by atoms with E-state index in [0.717, 1.165) is 12.8 Å². The van der Waals surface area contributed by atoms with Crippen LogP contribution in [0.5, 0.6) is 0 Å². The average Bonchev–Trinajstić information content (AvgIpc) is 3.64. The Morgan fingerprint density at radius 3 is 2.39 bits per heavy atom. The Bertz CT molecular complexity index is 919. The molecule has 1 aromatic rings. The van der Waals surface area contributed by atoms with E-state index in [-0.39, 0.29) is 28.7 Å². The summed E-state index contributed by atoms with van der Waals surface area (Å²) in [6.07, 6.45) is 2.00. The van der Waals surface area contributed by atoms with Crippen LogP contribution in [0.25, 0.3) is 0 Å². The predicted octanol–water partition coefficient (Wildman–Crippen LogP) is 0.589. The van der Waals surface area contributed by atoms with Gasteiger partial charge in [0.15, 0.2) is 0 Å². The predicted molar refractivity (Wildman–Crippen MR) is 115 cm³/mol. The van der Waals surface area contributed by atoms with Crippen molar-refractivity contribution in [2.75, 3.05) is 57.8 Å². The SMILES string of the molecule is CC(C(=O)Nc1cccc(S(=O)(=O)N2CCOCC2)c1)N1CCN(C(=O)C2CC2)CC1. The summed E-state index contributed by atoms with van der Waals surface area (Å²) in [7, 11) is -3.62. The molecule has 1 atom stereocenters. The van der Waals surface area contributed by atoms with Gasteiger partial charge in [0.1, 0.15) is 0 Å². The summed E-state index contributed by atoms with van der Waals surface area (Å²) >= 11 is 0. The molecule has 4 rings (SSSR count). The van der Waals surface area contributed by atoms with Gasteiger partial charge in [0.05, 0.1) is 24.2 Å². The Kier molecular flexibility index (Phi) is 6.61. The Morgan fingerprint density at radius 2 is 1.74 bits per heavy atom. The fourth-order valence-electron chi connectivity index (χ4n) is 4.00. The van der Waals surface area contributed by atoms with Crippen molar-refractivity contribution in [2.45, 2.75) is 30.7 Å². The second kappa shape index (κ2) is 9.23. The van der Waals surface area contributed by atoms with E-state index in [1.54, 1.807) is 18.2 Å². The average molecular weight is 451 g/mol. The smallest absolute Gasteiger partial charge is 0.243 e. The first-order valence-electron chi connectivity index (χ1n) is 10.9. The van der Waals surface area contributed by atoms with Crippen LogP contribution in [0.15, 0.2) is 29.2 Å². The van der Waals surface area contributed by atoms with Crippen molar-refractivity contribution < 1.29 is 22.7 Å². The zero-order valence-electron chi connectivity index (χ0n) is 17.8. The number of carbonyl (C=O) groups excluding carboxylic acids is 2. The number of ether oxygens (including phenoxy) is 1. The van der Waals surface area contributed by atoms with Crippen LogP contribution in [-0.2, 0) is 24.3 Å². The molecule has 2 aliphatic heterocycles. The second-order valence-corrected chi connectivity index (χ2v) is 10.3. The van der Waals surface area contributed by atoms with E-state index in [1.165, 1.54) is 10.4 Å². The van der Waals surface area contributed by atoms with Gasteiger partial charge in [0.2, 0.25) is 21.8 Å². The number of anilines is 1. The number of carbonyl (C=O) groups is 2. The molecule has 1 saturated carbocycles. The van der Waals surface area contributed by atoms with E-state index in [4.69, 9.17) is 4.74 Å². The molecule has 2 amide bonds. The Labute approximate surface area is 183 Å². The van der Waals surface area contributed by atoms with Gasteiger partial charge in [-0.15, -0.1) is 0 Å². The third-order valence-electron chi connectivity index (χ3n) is 6.19. The Morgan fingerprint density at radius 1 is 1.06 bits per heavy atom. The number of benzene rings is 1. The normalized spacial score (nSPS) is 22.2. The minimum absolute atomic E-state index is 0.159. The van der Waals surface area contributed by atoms with Crippen molar-refractivity contribution in [3.8, 4) is 0 Å². The zero-order chi connectivity index (χ0) is 22.0. The molecule has 10 heteroatoms. The molecule has 31 heavy (non-hydrogen) atoms. The first-order chi connectivity index (χ1) is 14.9. The van der Waals surface area contributed by atoms with Crippen LogP contribution in [0.1, 0.15) is 19.8 Å². The number of hydrogen-bond acceptors (Lipinski definition) is 6. The maximum atomic E-state index is 12.9. The molecule has 3 fully saturated rings. The van der Waals surface area contributed by atoms with Crippen LogP contribution in [0.4, 0.5) is 5.69 Å². The highest BCUT2D eigenvalue weighted by Crippen LogP contribution is 2.31. The molecular weight excluding hydrogens is 420 g/mol. The van der Waals surface area contributed by atoms with Crippen LogP contribution < -0.4 is 5.32 Å². The number of morpholine rings is 1. The number of piperazine rings is 1. The van der Waals surface area contributed by atoms with E-state index in [2.05, 4.69) is 10.2 Å². The molecule has 1 aromatic carbocycles. The third kappa shape index (κ3) is 5.08. The molecule has 1 unspecified atom stereocenters. The molecule has 170 valence electrons. The maximum Gasteiger partial charge on any atom is 0.243 e. The van der Waals surface area contributed by atoms with Crippen LogP contribution in [0, 0.1) is 5.92 Å². The quantitative estimate of drug-likeness (QED) is 0.681. The lowest BCUT2D eigenvalue weighted by Crippen LogP contribution is -2.54. The fourth-order valence-corrected chi connectivity index (χ4v) is 5.46. The Balaban J connectivity index is 1.35. The topological polar surface area (TPSA) is 99.3 Å². The van der Waals surface area contributed by atoms with Crippen LogP contribution in [0.3, 0.4) is 0 Å². The molecule has 0 radical (unpaired) electrons. The largest absolute Gasteiger partial charge is 0.379 e. The van der Waals surface area contributed by atoms with Crippen molar-refractivity contribution in [3.05, 3.63) is 24.3 Å². The highest BCUT2D eigenvalue weighted by Gasteiger charge is 2.35. The first-order valence-corrected chi connectivity index (χ1v) is 12.3. The van der Waals surface area contributed by atoms with Crippen LogP contribution >= 0.6 is 0 Å². The molecule has 3 aliphatic rings. The second-order valence-electron chi connectivity index (χ2n) is 8.35. The van der Waals surface area contributed by atoms with Crippen molar-refractivity contribution in [3.63, 3.8) is 0 Å². The van der Waals surface area contributed by atoms with Gasteiger partial charge in [0, 0.05) is 50.9 Å². The molecule has 9 nitrogen and oxygen atoms in total. The number of hydrogen-bond donors (Lipinski definition) is 1. The van der Waals surface area contributed by atoms with Gasteiger partial charge in [0.25, 0.3) is 0 Å². The molecule has 0 spiro atoms. The minimum Gasteiger partial charge on any atom is -0.379 e. The Hall–Kier alpha value is -2.01. The van der Waals surface area contributed by atoms with Gasteiger partial charge in [-0.05, 0) is 38.0 Å². The molecule has 0 aromatic heterocycles. The van der Waals surface area contributed by atoms with Gasteiger partial charge in [-0.1, -0.05) is 6.07 Å². The summed E-state index contributed by atoms with van der Waals surface area (Å²) in [5.74, 6) is 0.270. The summed E-state index contributed by atoms with van der Waals surface area (Å²) in [6.45, 7) is 5.83. The lowest BCUT2D eigenvalue weighted by Gasteiger charge is -2.37. The van der Waals surface area contributed by atoms with Gasteiger partial charge >= 0.3 is 0 Å². The summed E-state index contributed by atoms with van der Waals surface area (Å²) < 4.78 is 32.4. The van der Waals surface area contributed by atoms with E-state index in [1.807, 2.05) is 11.8 Å². The highest BCUT2D eigenvalue weighted by molar-refractivity contribution is 7.89. The van der Waals surface area contributed by atoms with Gasteiger partial charge < -0.3 is 15.0 Å². The maximum absolute atomic E-state index is 12.9. The summed E-state index contributed by atoms with van der Waals surface area (Å²) in [4.78, 5) is 29.1. The molecule has 2 saturated heterocycles. The van der Waals surface area contributed by atoms with Gasteiger partial charge in [-0.2, -0.15) is 4.31 Å². The summed E-state index contributed by atoms with van der Waals surface area (Å²) in [5.41, 5.74) is 0.453. The molecule has 1 aliphatic carbocycles. The number of rotatable bonds is 6. The van der Waals surface area contributed by atoms with Crippen molar-refractivity contribution in [1.29, 1.82) is 0 Å². The third-order valence-corrected chi connectivity index (χ3v) is 8.08. The number of amides is 2. The monoisotopic (exact) mass is 450 g/mol. The van der Waals surface area contributed by atoms with Crippen LogP contribution in [0.2, 0.25) is 0 Å².